The summed E-state index contributed by atoms with van der Waals surface area (Å²) in [5.41, 5.74) is 5.63. The molecule has 0 amide bonds. The number of rotatable bonds is 5. The van der Waals surface area contributed by atoms with Crippen LogP contribution in [0.2, 0.25) is 0 Å². The number of non-ortho nitro benzene ring substituents is 1. The fourth-order valence-corrected chi connectivity index (χ4v) is 2.42. The van der Waals surface area contributed by atoms with Crippen molar-refractivity contribution >= 4 is 27.6 Å². The first-order valence-electron chi connectivity index (χ1n) is 6.17. The van der Waals surface area contributed by atoms with Gasteiger partial charge in [-0.25, -0.2) is 4.83 Å². The number of nitro groups is 1. The maximum atomic E-state index is 12.0. The summed E-state index contributed by atoms with van der Waals surface area (Å²) in [6.07, 6.45) is 0.969. The van der Waals surface area contributed by atoms with Crippen LogP contribution < -0.4 is 10.6 Å². The molecule has 120 valence electrons. The van der Waals surface area contributed by atoms with Gasteiger partial charge in [-0.05, 0) is 30.3 Å². The van der Waals surface area contributed by atoms with Gasteiger partial charge in [-0.3, -0.25) is 10.1 Å². The number of hydrazone groups is 1. The van der Waals surface area contributed by atoms with Gasteiger partial charge in [0.1, 0.15) is 5.75 Å². The Balaban J connectivity index is 2.19. The van der Waals surface area contributed by atoms with E-state index in [1.54, 1.807) is 0 Å². The molecule has 23 heavy (non-hydrogen) atoms. The van der Waals surface area contributed by atoms with Gasteiger partial charge in [0.15, 0.2) is 0 Å². The number of phenolic OH excluding ortho intramolecular Hbond substituents is 1. The average Bonchev–Trinajstić information content (AvgIpc) is 2.49. The molecule has 0 spiro atoms. The van der Waals surface area contributed by atoms with E-state index in [0.29, 0.717) is 5.69 Å². The van der Waals surface area contributed by atoms with E-state index in [0.717, 1.165) is 24.4 Å². The summed E-state index contributed by atoms with van der Waals surface area (Å²) < 4.78 is 23.9. The van der Waals surface area contributed by atoms with Crippen molar-refractivity contribution in [2.24, 2.45) is 5.10 Å². The number of nitrogens with two attached hydrogens (primary N) is 1. The Morgan fingerprint density at radius 2 is 1.87 bits per heavy atom. The van der Waals surface area contributed by atoms with Crippen molar-refractivity contribution < 1.29 is 18.4 Å². The molecule has 9 nitrogen and oxygen atoms in total. The molecule has 0 heterocycles. The fourth-order valence-electron chi connectivity index (χ4n) is 1.62. The number of aromatic hydroxyl groups is 1. The summed E-state index contributed by atoms with van der Waals surface area (Å²) in [7, 11) is -3.91. The summed E-state index contributed by atoms with van der Waals surface area (Å²) in [5.74, 6) is -0.272. The van der Waals surface area contributed by atoms with Crippen LogP contribution in [0.25, 0.3) is 0 Å². The van der Waals surface area contributed by atoms with Crippen LogP contribution in [0.3, 0.4) is 0 Å². The van der Waals surface area contributed by atoms with E-state index in [2.05, 4.69) is 5.10 Å². The standard InChI is InChI=1S/C13H12N4O5S/c14-10-1-4-12(5-2-10)23(21,22)16-15-8-9-7-11(17(19)20)3-6-13(9)18/h1-8,16,18H,14H2/b15-8-. The smallest absolute Gasteiger partial charge is 0.276 e. The molecule has 0 bridgehead atoms. The molecule has 0 fully saturated rings. The SMILES string of the molecule is Nc1ccc(S(=O)(=O)N/N=C\c2cc([N+](=O)[O-])ccc2O)cc1. The van der Waals surface area contributed by atoms with Gasteiger partial charge in [0.25, 0.3) is 15.7 Å². The monoisotopic (exact) mass is 336 g/mol. The third-order valence-corrected chi connectivity index (χ3v) is 4.03. The van der Waals surface area contributed by atoms with Crippen LogP contribution in [0.5, 0.6) is 5.75 Å². The van der Waals surface area contributed by atoms with Crippen LogP contribution >= 0.6 is 0 Å². The van der Waals surface area contributed by atoms with Crippen molar-refractivity contribution in [1.29, 1.82) is 0 Å². The number of nitrogens with zero attached hydrogens (tertiary/aromatic N) is 2. The number of benzene rings is 2. The average molecular weight is 336 g/mol. The van der Waals surface area contributed by atoms with Gasteiger partial charge in [-0.1, -0.05) is 0 Å². The lowest BCUT2D eigenvalue weighted by Crippen LogP contribution is -2.18. The highest BCUT2D eigenvalue weighted by atomic mass is 32.2. The number of nitro benzene ring substituents is 1. The summed E-state index contributed by atoms with van der Waals surface area (Å²) in [6.45, 7) is 0. The van der Waals surface area contributed by atoms with E-state index in [-0.39, 0.29) is 21.9 Å². The summed E-state index contributed by atoms with van der Waals surface area (Å²) in [6, 6.07) is 8.75. The Labute approximate surface area is 131 Å². The minimum atomic E-state index is -3.91. The van der Waals surface area contributed by atoms with E-state index in [9.17, 15) is 23.6 Å². The second kappa shape index (κ2) is 6.32. The quantitative estimate of drug-likeness (QED) is 0.323. The molecule has 0 aliphatic rings. The van der Waals surface area contributed by atoms with Gasteiger partial charge < -0.3 is 10.8 Å². The predicted octanol–water partition coefficient (Wildman–Crippen LogP) is 1.20. The normalized spacial score (nSPS) is 11.5. The van der Waals surface area contributed by atoms with Crippen molar-refractivity contribution in [2.75, 3.05) is 5.73 Å². The summed E-state index contributed by atoms with van der Waals surface area (Å²) in [5, 5.41) is 23.8. The lowest BCUT2D eigenvalue weighted by molar-refractivity contribution is -0.384. The molecule has 0 saturated heterocycles. The first-order chi connectivity index (χ1) is 10.8. The zero-order chi connectivity index (χ0) is 17.0. The van der Waals surface area contributed by atoms with E-state index >= 15 is 0 Å². The molecule has 2 aromatic rings. The molecule has 0 unspecified atom stereocenters. The van der Waals surface area contributed by atoms with Crippen LogP contribution in [0.15, 0.2) is 52.5 Å². The highest BCUT2D eigenvalue weighted by Gasteiger charge is 2.13. The second-order valence-corrected chi connectivity index (χ2v) is 6.08. The molecular formula is C13H12N4O5S. The topological polar surface area (TPSA) is 148 Å². The minimum absolute atomic E-state index is 0.000735. The summed E-state index contributed by atoms with van der Waals surface area (Å²) >= 11 is 0. The molecule has 0 saturated carbocycles. The van der Waals surface area contributed by atoms with Gasteiger partial charge in [0.2, 0.25) is 0 Å². The van der Waals surface area contributed by atoms with Gasteiger partial charge >= 0.3 is 0 Å². The zero-order valence-corrected chi connectivity index (χ0v) is 12.4. The maximum absolute atomic E-state index is 12.0. The van der Waals surface area contributed by atoms with Gasteiger partial charge in [-0.2, -0.15) is 13.5 Å². The third kappa shape index (κ3) is 3.95. The van der Waals surface area contributed by atoms with Crippen molar-refractivity contribution in [3.8, 4) is 5.75 Å². The molecule has 0 aromatic heterocycles. The maximum Gasteiger partial charge on any atom is 0.276 e. The molecule has 2 rings (SSSR count). The van der Waals surface area contributed by atoms with E-state index in [4.69, 9.17) is 5.73 Å². The van der Waals surface area contributed by atoms with Crippen molar-refractivity contribution in [3.63, 3.8) is 0 Å². The van der Waals surface area contributed by atoms with Crippen LogP contribution in [0.4, 0.5) is 11.4 Å². The molecule has 4 N–H and O–H groups in total. The van der Waals surface area contributed by atoms with E-state index in [1.165, 1.54) is 24.3 Å². The van der Waals surface area contributed by atoms with E-state index in [1.807, 2.05) is 4.83 Å². The lowest BCUT2D eigenvalue weighted by atomic mass is 10.2. The zero-order valence-electron chi connectivity index (χ0n) is 11.6. The van der Waals surface area contributed by atoms with Crippen LogP contribution in [-0.4, -0.2) is 24.7 Å². The summed E-state index contributed by atoms with van der Waals surface area (Å²) in [4.78, 5) is 11.9. The first-order valence-corrected chi connectivity index (χ1v) is 7.66. The Kier molecular flexibility index (Phi) is 4.46. The molecular weight excluding hydrogens is 324 g/mol. The minimum Gasteiger partial charge on any atom is -0.507 e. The number of nitrogens with one attached hydrogen (secondary N) is 1. The Morgan fingerprint density at radius 3 is 2.48 bits per heavy atom. The Hall–Kier alpha value is -3.14. The number of hydrogen-bond acceptors (Lipinski definition) is 7. The second-order valence-electron chi connectivity index (χ2n) is 4.42. The molecule has 2 aromatic carbocycles. The number of anilines is 1. The number of sulfonamides is 1. The van der Waals surface area contributed by atoms with Gasteiger partial charge in [0, 0.05) is 23.4 Å². The lowest BCUT2D eigenvalue weighted by Gasteiger charge is -2.04. The first kappa shape index (κ1) is 16.2. The number of nitrogen functional groups attached to an aromatic ring is 1. The molecule has 10 heteroatoms. The fraction of sp³-hybridized carbons (Fsp3) is 0. The van der Waals surface area contributed by atoms with Crippen LogP contribution in [-0.2, 0) is 10.0 Å². The van der Waals surface area contributed by atoms with Crippen molar-refractivity contribution in [3.05, 3.63) is 58.1 Å². The third-order valence-electron chi connectivity index (χ3n) is 2.79. The molecule has 0 aliphatic carbocycles. The van der Waals surface area contributed by atoms with Crippen molar-refractivity contribution in [1.82, 2.24) is 4.83 Å². The van der Waals surface area contributed by atoms with E-state index < -0.39 is 14.9 Å². The van der Waals surface area contributed by atoms with Crippen LogP contribution in [0.1, 0.15) is 5.56 Å². The largest absolute Gasteiger partial charge is 0.507 e. The molecule has 0 atom stereocenters. The Bertz CT molecular complexity index is 862. The highest BCUT2D eigenvalue weighted by molar-refractivity contribution is 7.89. The van der Waals surface area contributed by atoms with Crippen molar-refractivity contribution in [2.45, 2.75) is 4.90 Å². The van der Waals surface area contributed by atoms with Gasteiger partial charge in [0.05, 0.1) is 16.0 Å². The highest BCUT2D eigenvalue weighted by Crippen LogP contribution is 2.21. The number of hydrogen-bond donors (Lipinski definition) is 3. The Morgan fingerprint density at radius 1 is 1.22 bits per heavy atom. The predicted molar refractivity (Wildman–Crippen MR) is 83.5 cm³/mol. The van der Waals surface area contributed by atoms with Crippen LogP contribution in [0, 0.1) is 10.1 Å². The molecule has 0 radical (unpaired) electrons. The molecule has 0 aliphatic heterocycles. The number of phenols is 1. The van der Waals surface area contributed by atoms with Gasteiger partial charge in [-0.15, -0.1) is 0 Å².